The van der Waals surface area contributed by atoms with Crippen molar-refractivity contribution in [3.8, 4) is 5.75 Å². The highest BCUT2D eigenvalue weighted by Crippen LogP contribution is 2.25. The Labute approximate surface area is 104 Å². The van der Waals surface area contributed by atoms with Crippen LogP contribution in [0.25, 0.3) is 0 Å². The molecule has 0 amide bonds. The molecule has 1 aromatic carbocycles. The van der Waals surface area contributed by atoms with E-state index in [-0.39, 0.29) is 0 Å². The number of phenols is 1. The molecule has 1 rings (SSSR count). The Hall–Kier alpha value is -1.06. The highest BCUT2D eigenvalue weighted by atomic mass is 16.5. The van der Waals surface area contributed by atoms with E-state index in [1.165, 1.54) is 5.56 Å². The molecule has 96 valence electrons. The first-order valence-corrected chi connectivity index (χ1v) is 6.24. The lowest BCUT2D eigenvalue weighted by Crippen LogP contribution is -2.31. The van der Waals surface area contributed by atoms with E-state index in [1.807, 2.05) is 12.1 Å². The first kappa shape index (κ1) is 14.0. The van der Waals surface area contributed by atoms with E-state index in [4.69, 9.17) is 4.74 Å². The van der Waals surface area contributed by atoms with Crippen molar-refractivity contribution in [3.05, 3.63) is 29.8 Å². The van der Waals surface area contributed by atoms with E-state index in [9.17, 15) is 5.11 Å². The van der Waals surface area contributed by atoms with Crippen LogP contribution in [0.1, 0.15) is 31.9 Å². The molecule has 0 saturated heterocycles. The van der Waals surface area contributed by atoms with Gasteiger partial charge in [-0.3, -0.25) is 4.90 Å². The van der Waals surface area contributed by atoms with Crippen molar-refractivity contribution >= 4 is 0 Å². The summed E-state index contributed by atoms with van der Waals surface area (Å²) in [5.74, 6) is 0.323. The maximum absolute atomic E-state index is 9.31. The van der Waals surface area contributed by atoms with Gasteiger partial charge in [0.15, 0.2) is 0 Å². The molecular weight excluding hydrogens is 214 g/mol. The molecule has 3 heteroatoms. The van der Waals surface area contributed by atoms with Gasteiger partial charge in [0.2, 0.25) is 0 Å². The van der Waals surface area contributed by atoms with Crippen LogP contribution in [0.2, 0.25) is 0 Å². The molecule has 1 atom stereocenters. The summed E-state index contributed by atoms with van der Waals surface area (Å²) in [6.45, 7) is 7.04. The van der Waals surface area contributed by atoms with Crippen molar-refractivity contribution in [1.29, 1.82) is 0 Å². The van der Waals surface area contributed by atoms with Crippen LogP contribution in [-0.4, -0.2) is 36.8 Å². The number of hydrogen-bond acceptors (Lipinski definition) is 3. The number of aromatic hydroxyl groups is 1. The van der Waals surface area contributed by atoms with Gasteiger partial charge in [0.25, 0.3) is 0 Å². The second-order valence-corrected chi connectivity index (χ2v) is 4.14. The SMILES string of the molecule is CCC(c1ccc(O)cc1)N(CC)CCOC. The molecular formula is C14H23NO2. The minimum Gasteiger partial charge on any atom is -0.508 e. The van der Waals surface area contributed by atoms with Crippen LogP contribution in [0.5, 0.6) is 5.75 Å². The summed E-state index contributed by atoms with van der Waals surface area (Å²) in [6.07, 6.45) is 1.06. The van der Waals surface area contributed by atoms with Crippen molar-refractivity contribution < 1.29 is 9.84 Å². The predicted octanol–water partition coefficient (Wildman–Crippen LogP) is 2.81. The molecule has 0 radical (unpaired) electrons. The highest BCUT2D eigenvalue weighted by Gasteiger charge is 2.16. The van der Waals surface area contributed by atoms with Crippen LogP contribution in [0.4, 0.5) is 0 Å². The second kappa shape index (κ2) is 7.30. The lowest BCUT2D eigenvalue weighted by atomic mass is 10.0. The van der Waals surface area contributed by atoms with Crippen molar-refractivity contribution in [2.75, 3.05) is 26.8 Å². The van der Waals surface area contributed by atoms with E-state index >= 15 is 0 Å². The molecule has 0 aliphatic rings. The van der Waals surface area contributed by atoms with E-state index in [0.29, 0.717) is 11.8 Å². The smallest absolute Gasteiger partial charge is 0.115 e. The lowest BCUT2D eigenvalue weighted by Gasteiger charge is -2.30. The van der Waals surface area contributed by atoms with Crippen molar-refractivity contribution in [2.24, 2.45) is 0 Å². The van der Waals surface area contributed by atoms with Gasteiger partial charge in [-0.15, -0.1) is 0 Å². The molecule has 0 spiro atoms. The Morgan fingerprint density at radius 1 is 1.24 bits per heavy atom. The Morgan fingerprint density at radius 2 is 1.88 bits per heavy atom. The van der Waals surface area contributed by atoms with Crippen molar-refractivity contribution in [2.45, 2.75) is 26.3 Å². The third-order valence-corrected chi connectivity index (χ3v) is 3.09. The Kier molecular flexibility index (Phi) is 6.01. The minimum absolute atomic E-state index is 0.323. The Bertz CT molecular complexity index is 311. The summed E-state index contributed by atoms with van der Waals surface area (Å²) in [5, 5.41) is 9.31. The van der Waals surface area contributed by atoms with Gasteiger partial charge >= 0.3 is 0 Å². The second-order valence-electron chi connectivity index (χ2n) is 4.14. The van der Waals surface area contributed by atoms with E-state index < -0.39 is 0 Å². The molecule has 0 aliphatic heterocycles. The van der Waals surface area contributed by atoms with Gasteiger partial charge < -0.3 is 9.84 Å². The zero-order valence-corrected chi connectivity index (χ0v) is 11.0. The molecule has 17 heavy (non-hydrogen) atoms. The van der Waals surface area contributed by atoms with Gasteiger partial charge in [0, 0.05) is 19.7 Å². The average molecular weight is 237 g/mol. The fourth-order valence-electron chi connectivity index (χ4n) is 2.14. The number of hydrogen-bond donors (Lipinski definition) is 1. The number of rotatable bonds is 7. The van der Waals surface area contributed by atoms with E-state index in [1.54, 1.807) is 19.2 Å². The molecule has 0 aromatic heterocycles. The van der Waals surface area contributed by atoms with Crippen LogP contribution in [0.3, 0.4) is 0 Å². The van der Waals surface area contributed by atoms with Gasteiger partial charge in [-0.25, -0.2) is 0 Å². The van der Waals surface area contributed by atoms with Crippen molar-refractivity contribution in [3.63, 3.8) is 0 Å². The van der Waals surface area contributed by atoms with Gasteiger partial charge in [-0.2, -0.15) is 0 Å². The standard InChI is InChI=1S/C14H23NO2/c1-4-14(15(5-2)10-11-17-3)12-6-8-13(16)9-7-12/h6-9,14,16H,4-5,10-11H2,1-3H3. The summed E-state index contributed by atoms with van der Waals surface area (Å²) >= 11 is 0. The van der Waals surface area contributed by atoms with E-state index in [0.717, 1.165) is 26.1 Å². The molecule has 0 saturated carbocycles. The molecule has 0 bridgehead atoms. The third-order valence-electron chi connectivity index (χ3n) is 3.09. The zero-order chi connectivity index (χ0) is 12.7. The molecule has 0 aliphatic carbocycles. The van der Waals surface area contributed by atoms with Gasteiger partial charge in [0.1, 0.15) is 5.75 Å². The molecule has 3 nitrogen and oxygen atoms in total. The first-order valence-electron chi connectivity index (χ1n) is 6.24. The summed E-state index contributed by atoms with van der Waals surface area (Å²) in [7, 11) is 1.73. The molecule has 1 aromatic rings. The number of likely N-dealkylation sites (N-methyl/N-ethyl adjacent to an activating group) is 1. The van der Waals surface area contributed by atoms with E-state index in [2.05, 4.69) is 18.7 Å². The Morgan fingerprint density at radius 3 is 2.35 bits per heavy atom. The number of methoxy groups -OCH3 is 1. The molecule has 1 N–H and O–H groups in total. The predicted molar refractivity (Wildman–Crippen MR) is 70.3 cm³/mol. The summed E-state index contributed by atoms with van der Waals surface area (Å²) < 4.78 is 5.14. The van der Waals surface area contributed by atoms with Crippen LogP contribution < -0.4 is 0 Å². The zero-order valence-electron chi connectivity index (χ0n) is 11.0. The highest BCUT2D eigenvalue weighted by molar-refractivity contribution is 5.28. The monoisotopic (exact) mass is 237 g/mol. The van der Waals surface area contributed by atoms with Gasteiger partial charge in [-0.05, 0) is 30.7 Å². The first-order chi connectivity index (χ1) is 8.22. The fraction of sp³-hybridized carbons (Fsp3) is 0.571. The maximum Gasteiger partial charge on any atom is 0.115 e. The fourth-order valence-corrected chi connectivity index (χ4v) is 2.14. The third kappa shape index (κ3) is 4.02. The largest absolute Gasteiger partial charge is 0.508 e. The minimum atomic E-state index is 0.323. The topological polar surface area (TPSA) is 32.7 Å². The summed E-state index contributed by atoms with van der Waals surface area (Å²) in [6, 6.07) is 7.90. The molecule has 0 fully saturated rings. The van der Waals surface area contributed by atoms with Gasteiger partial charge in [0.05, 0.1) is 6.61 Å². The van der Waals surface area contributed by atoms with Crippen LogP contribution >= 0.6 is 0 Å². The number of nitrogens with zero attached hydrogens (tertiary/aromatic N) is 1. The van der Waals surface area contributed by atoms with Crippen molar-refractivity contribution in [1.82, 2.24) is 4.90 Å². The molecule has 0 heterocycles. The molecule has 1 unspecified atom stereocenters. The van der Waals surface area contributed by atoms with Crippen LogP contribution in [-0.2, 0) is 4.74 Å². The summed E-state index contributed by atoms with van der Waals surface area (Å²) in [5.41, 5.74) is 1.25. The number of benzene rings is 1. The normalized spacial score (nSPS) is 12.9. The van der Waals surface area contributed by atoms with Crippen LogP contribution in [0.15, 0.2) is 24.3 Å². The Balaban J connectivity index is 2.77. The average Bonchev–Trinajstić information content (AvgIpc) is 2.36. The quantitative estimate of drug-likeness (QED) is 0.791. The number of phenolic OH excluding ortho intramolecular Hbond substituents is 1. The van der Waals surface area contributed by atoms with Crippen LogP contribution in [0, 0.1) is 0 Å². The number of ether oxygens (including phenoxy) is 1. The van der Waals surface area contributed by atoms with Gasteiger partial charge in [-0.1, -0.05) is 26.0 Å². The maximum atomic E-state index is 9.31. The lowest BCUT2D eigenvalue weighted by molar-refractivity contribution is 0.121. The summed E-state index contributed by atoms with van der Waals surface area (Å²) in [4.78, 5) is 2.40.